The third-order valence-corrected chi connectivity index (χ3v) is 5.43. The van der Waals surface area contributed by atoms with Crippen LogP contribution in [0.4, 0.5) is 0 Å². The molecule has 1 aliphatic rings. The second-order valence-corrected chi connectivity index (χ2v) is 7.94. The van der Waals surface area contributed by atoms with Gasteiger partial charge in [0, 0.05) is 17.1 Å². The molecular weight excluding hydrogens is 254 g/mol. The van der Waals surface area contributed by atoms with Crippen molar-refractivity contribution >= 4 is 10.9 Å². The van der Waals surface area contributed by atoms with Crippen molar-refractivity contribution in [2.24, 2.45) is 5.92 Å². The number of benzene rings is 1. The van der Waals surface area contributed by atoms with E-state index in [1.165, 1.54) is 54.1 Å². The van der Waals surface area contributed by atoms with Crippen molar-refractivity contribution in [3.63, 3.8) is 0 Å². The number of hydrogen-bond donors (Lipinski definition) is 1. The molecule has 1 heteroatoms. The second-order valence-electron chi connectivity index (χ2n) is 7.94. The minimum Gasteiger partial charge on any atom is -0.361 e. The lowest BCUT2D eigenvalue weighted by atomic mass is 9.77. The van der Waals surface area contributed by atoms with Crippen LogP contribution in [0.5, 0.6) is 0 Å². The molecule has 0 bridgehead atoms. The molecule has 1 heterocycles. The first-order valence-corrected chi connectivity index (χ1v) is 8.58. The van der Waals surface area contributed by atoms with E-state index in [0.29, 0.717) is 5.92 Å². The third-order valence-electron chi connectivity index (χ3n) is 5.43. The number of aromatic nitrogens is 1. The van der Waals surface area contributed by atoms with E-state index in [2.05, 4.69) is 57.1 Å². The normalized spacial score (nSPS) is 19.0. The van der Waals surface area contributed by atoms with Gasteiger partial charge in [0.2, 0.25) is 0 Å². The number of nitrogens with one attached hydrogen (secondary N) is 1. The predicted molar refractivity (Wildman–Crippen MR) is 92.0 cm³/mol. The molecule has 1 nitrogen and oxygen atoms in total. The number of aromatic amines is 1. The molecule has 0 saturated heterocycles. The summed E-state index contributed by atoms with van der Waals surface area (Å²) >= 11 is 0. The van der Waals surface area contributed by atoms with Gasteiger partial charge in [0.1, 0.15) is 0 Å². The lowest BCUT2D eigenvalue weighted by molar-refractivity contribution is 0.317. The zero-order valence-corrected chi connectivity index (χ0v) is 14.0. The van der Waals surface area contributed by atoms with Crippen LogP contribution >= 0.6 is 0 Å². The molecule has 1 unspecified atom stereocenters. The summed E-state index contributed by atoms with van der Waals surface area (Å²) in [5.74, 6) is 1.55. The maximum absolute atomic E-state index is 3.49. The Labute approximate surface area is 129 Å². The highest BCUT2D eigenvalue weighted by Crippen LogP contribution is 2.39. The summed E-state index contributed by atoms with van der Waals surface area (Å²) in [5, 5.41) is 1.44. The fourth-order valence-electron chi connectivity index (χ4n) is 3.87. The summed E-state index contributed by atoms with van der Waals surface area (Å²) in [4.78, 5) is 3.49. The highest BCUT2D eigenvalue weighted by molar-refractivity contribution is 5.84. The fourth-order valence-corrected chi connectivity index (χ4v) is 3.87. The minimum absolute atomic E-state index is 0.219. The van der Waals surface area contributed by atoms with Gasteiger partial charge in [-0.1, -0.05) is 53.0 Å². The van der Waals surface area contributed by atoms with Crippen LogP contribution in [0.3, 0.4) is 0 Å². The van der Waals surface area contributed by atoms with Gasteiger partial charge in [-0.3, -0.25) is 0 Å². The Kier molecular flexibility index (Phi) is 3.86. The highest BCUT2D eigenvalue weighted by atomic mass is 14.7. The van der Waals surface area contributed by atoms with Gasteiger partial charge in [0.15, 0.2) is 0 Å². The molecule has 3 rings (SSSR count). The number of H-pyrrole nitrogens is 1. The quantitative estimate of drug-likeness (QED) is 0.680. The standard InChI is InChI=1S/C20H29N/c1-14(15-8-6-5-7-9-15)18-13-21-19-11-10-16(12-17(18)19)20(2,3)4/h10-15,21H,5-9H2,1-4H3. The zero-order chi connectivity index (χ0) is 15.0. The third kappa shape index (κ3) is 2.88. The molecule has 1 aliphatic carbocycles. The SMILES string of the molecule is CC(c1c[nH]c2ccc(C(C)(C)C)cc12)C1CCCCC1. The minimum atomic E-state index is 0.219. The van der Waals surface area contributed by atoms with Crippen LogP contribution in [-0.2, 0) is 5.41 Å². The lowest BCUT2D eigenvalue weighted by Crippen LogP contribution is -2.14. The predicted octanol–water partition coefficient (Wildman–Crippen LogP) is 6.15. The van der Waals surface area contributed by atoms with Crippen molar-refractivity contribution < 1.29 is 0 Å². The van der Waals surface area contributed by atoms with Crippen LogP contribution < -0.4 is 0 Å². The molecule has 1 aromatic heterocycles. The molecule has 0 spiro atoms. The molecule has 1 saturated carbocycles. The molecule has 1 N–H and O–H groups in total. The lowest BCUT2D eigenvalue weighted by Gasteiger charge is -2.27. The van der Waals surface area contributed by atoms with Crippen LogP contribution in [0.1, 0.15) is 76.8 Å². The summed E-state index contributed by atoms with van der Waals surface area (Å²) < 4.78 is 0. The Hall–Kier alpha value is -1.24. The molecule has 1 fully saturated rings. The molecular formula is C20H29N. The number of fused-ring (bicyclic) bond motifs is 1. The Bertz CT molecular complexity index is 608. The highest BCUT2D eigenvalue weighted by Gasteiger charge is 2.24. The van der Waals surface area contributed by atoms with Gasteiger partial charge in [-0.25, -0.2) is 0 Å². The molecule has 0 radical (unpaired) electrons. The average molecular weight is 283 g/mol. The number of hydrogen-bond acceptors (Lipinski definition) is 0. The summed E-state index contributed by atoms with van der Waals surface area (Å²) in [6.07, 6.45) is 9.36. The smallest absolute Gasteiger partial charge is 0.0457 e. The molecule has 21 heavy (non-hydrogen) atoms. The number of rotatable bonds is 2. The molecule has 1 atom stereocenters. The average Bonchev–Trinajstić information content (AvgIpc) is 2.89. The van der Waals surface area contributed by atoms with Crippen LogP contribution in [0.15, 0.2) is 24.4 Å². The van der Waals surface area contributed by atoms with Crippen LogP contribution in [0.25, 0.3) is 10.9 Å². The molecule has 114 valence electrons. The monoisotopic (exact) mass is 283 g/mol. The van der Waals surface area contributed by atoms with Crippen LogP contribution in [0, 0.1) is 5.92 Å². The van der Waals surface area contributed by atoms with E-state index in [9.17, 15) is 0 Å². The van der Waals surface area contributed by atoms with E-state index in [0.717, 1.165) is 5.92 Å². The molecule has 0 aliphatic heterocycles. The summed E-state index contributed by atoms with van der Waals surface area (Å²) in [7, 11) is 0. The van der Waals surface area contributed by atoms with Crippen molar-refractivity contribution in [2.45, 2.75) is 71.1 Å². The van der Waals surface area contributed by atoms with Gasteiger partial charge in [0.05, 0.1) is 0 Å². The molecule has 2 aromatic rings. The first-order chi connectivity index (χ1) is 9.97. The van der Waals surface area contributed by atoms with Gasteiger partial charge >= 0.3 is 0 Å². The van der Waals surface area contributed by atoms with E-state index in [-0.39, 0.29) is 5.41 Å². The Morgan fingerprint density at radius 2 is 1.81 bits per heavy atom. The van der Waals surface area contributed by atoms with Gasteiger partial charge in [-0.15, -0.1) is 0 Å². The van der Waals surface area contributed by atoms with Crippen LogP contribution in [0.2, 0.25) is 0 Å². The Morgan fingerprint density at radius 3 is 2.48 bits per heavy atom. The van der Waals surface area contributed by atoms with Crippen molar-refractivity contribution in [2.75, 3.05) is 0 Å². The Balaban J connectivity index is 1.98. The van der Waals surface area contributed by atoms with Gasteiger partial charge in [-0.2, -0.15) is 0 Å². The van der Waals surface area contributed by atoms with Gasteiger partial charge < -0.3 is 4.98 Å². The van der Waals surface area contributed by atoms with Crippen molar-refractivity contribution in [1.82, 2.24) is 4.98 Å². The maximum atomic E-state index is 3.49. The van der Waals surface area contributed by atoms with Crippen molar-refractivity contribution in [3.8, 4) is 0 Å². The maximum Gasteiger partial charge on any atom is 0.0457 e. The molecule has 1 aromatic carbocycles. The largest absolute Gasteiger partial charge is 0.361 e. The zero-order valence-electron chi connectivity index (χ0n) is 14.0. The van der Waals surface area contributed by atoms with E-state index < -0.39 is 0 Å². The van der Waals surface area contributed by atoms with Crippen molar-refractivity contribution in [1.29, 1.82) is 0 Å². The van der Waals surface area contributed by atoms with Crippen molar-refractivity contribution in [3.05, 3.63) is 35.5 Å². The summed E-state index contributed by atoms with van der Waals surface area (Å²) in [6.45, 7) is 9.32. The van der Waals surface area contributed by atoms with E-state index >= 15 is 0 Å². The van der Waals surface area contributed by atoms with Crippen LogP contribution in [-0.4, -0.2) is 4.98 Å². The second kappa shape index (κ2) is 5.51. The first kappa shape index (κ1) is 14.7. The van der Waals surface area contributed by atoms with Gasteiger partial charge in [0.25, 0.3) is 0 Å². The topological polar surface area (TPSA) is 15.8 Å². The molecule has 0 amide bonds. The summed E-state index contributed by atoms with van der Waals surface area (Å²) in [6, 6.07) is 6.95. The van der Waals surface area contributed by atoms with E-state index in [1.807, 2.05) is 0 Å². The van der Waals surface area contributed by atoms with E-state index in [4.69, 9.17) is 0 Å². The van der Waals surface area contributed by atoms with E-state index in [1.54, 1.807) is 0 Å². The Morgan fingerprint density at radius 1 is 1.10 bits per heavy atom. The first-order valence-electron chi connectivity index (χ1n) is 8.58. The van der Waals surface area contributed by atoms with Gasteiger partial charge in [-0.05, 0) is 53.4 Å². The fraction of sp³-hybridized carbons (Fsp3) is 0.600. The summed E-state index contributed by atoms with van der Waals surface area (Å²) in [5.41, 5.74) is 4.48.